The van der Waals surface area contributed by atoms with Crippen LogP contribution in [0.3, 0.4) is 0 Å². The first-order valence-electron chi connectivity index (χ1n) is 9.54. The molecule has 32 heavy (non-hydrogen) atoms. The lowest BCUT2D eigenvalue weighted by molar-refractivity contribution is -0.156. The number of halogens is 4. The molecule has 1 spiro atoms. The maximum atomic E-state index is 13.3. The van der Waals surface area contributed by atoms with E-state index < -0.39 is 63.1 Å². The van der Waals surface area contributed by atoms with Gasteiger partial charge in [0.15, 0.2) is 29.0 Å². The van der Waals surface area contributed by atoms with Gasteiger partial charge in [-0.3, -0.25) is 29.0 Å². The van der Waals surface area contributed by atoms with Crippen molar-refractivity contribution in [2.75, 3.05) is 12.1 Å². The molecule has 2 atom stereocenters. The second kappa shape index (κ2) is 6.96. The Hall–Kier alpha value is -2.57. The van der Waals surface area contributed by atoms with E-state index in [-0.39, 0.29) is 18.7 Å². The topological polar surface area (TPSA) is 109 Å². The largest absolute Gasteiger partial charge is 0.417 e. The molecule has 9 nitrogen and oxygen atoms in total. The zero-order valence-corrected chi connectivity index (χ0v) is 17.9. The van der Waals surface area contributed by atoms with Gasteiger partial charge in [0.2, 0.25) is 0 Å². The van der Waals surface area contributed by atoms with Crippen LogP contribution in [0, 0.1) is 11.3 Å². The van der Waals surface area contributed by atoms with Crippen LogP contribution >= 0.6 is 11.6 Å². The third kappa shape index (κ3) is 3.11. The lowest BCUT2D eigenvalue weighted by atomic mass is 9.63. The minimum Gasteiger partial charge on any atom is -0.297 e. The van der Waals surface area contributed by atoms with Gasteiger partial charge < -0.3 is 0 Å². The average molecular weight is 475 g/mol. The highest BCUT2D eigenvalue weighted by atomic mass is 35.5. The Morgan fingerprint density at radius 3 is 2.31 bits per heavy atom. The number of alkyl halides is 3. The molecule has 13 heteroatoms. The van der Waals surface area contributed by atoms with Gasteiger partial charge in [-0.2, -0.15) is 23.7 Å². The van der Waals surface area contributed by atoms with Crippen LogP contribution in [0.1, 0.15) is 32.3 Å². The van der Waals surface area contributed by atoms with Crippen LogP contribution < -0.4 is 10.5 Å². The molecule has 4 rings (SSSR count). The van der Waals surface area contributed by atoms with E-state index in [1.54, 1.807) is 13.8 Å². The third-order valence-electron chi connectivity index (χ3n) is 5.96. The van der Waals surface area contributed by atoms with Gasteiger partial charge in [0.05, 0.1) is 10.6 Å². The monoisotopic (exact) mass is 474 g/mol. The van der Waals surface area contributed by atoms with Crippen LogP contribution in [0.15, 0.2) is 12.3 Å². The highest BCUT2D eigenvalue weighted by Crippen LogP contribution is 2.46. The summed E-state index contributed by atoms with van der Waals surface area (Å²) in [6.45, 7) is 3.48. The molecule has 1 aromatic rings. The molecule has 1 aromatic heterocycles. The number of hydroxylamine groups is 1. The molecule has 0 aromatic carbocycles. The van der Waals surface area contributed by atoms with Gasteiger partial charge in [0.25, 0.3) is 11.8 Å². The van der Waals surface area contributed by atoms with E-state index in [9.17, 15) is 32.3 Å². The predicted molar refractivity (Wildman–Crippen MR) is 102 cm³/mol. The normalized spacial score (nSPS) is 26.8. The molecule has 2 aliphatic heterocycles. The van der Waals surface area contributed by atoms with E-state index in [2.05, 4.69) is 10.5 Å². The SMILES string of the molecule is CN(c1ncc(C(F)(F)F)cc1Cl)N1C(=O)[C@H]2ONC3(C(=O)CC(C)(C)CC3=O)[C@H]2C1=O. The summed E-state index contributed by atoms with van der Waals surface area (Å²) in [6.07, 6.45) is -5.67. The Balaban J connectivity index is 1.68. The fraction of sp³-hybridized carbons (Fsp3) is 0.526. The number of nitrogens with zero attached hydrogens (tertiary/aromatic N) is 3. The molecule has 2 amide bonds. The number of carbonyl (C=O) groups is 4. The molecule has 0 bridgehead atoms. The van der Waals surface area contributed by atoms with Gasteiger partial charge in [0.1, 0.15) is 5.92 Å². The number of anilines is 1. The van der Waals surface area contributed by atoms with Gasteiger partial charge in [-0.15, -0.1) is 0 Å². The first kappa shape index (κ1) is 22.6. The number of Topliss-reactive ketones (excluding diaryl/α,β-unsaturated/α-hetero) is 2. The highest BCUT2D eigenvalue weighted by Gasteiger charge is 2.71. The van der Waals surface area contributed by atoms with E-state index in [0.29, 0.717) is 17.3 Å². The number of carbonyl (C=O) groups excluding carboxylic acids is 4. The number of nitrogens with one attached hydrogen (secondary N) is 1. The van der Waals surface area contributed by atoms with Crippen LogP contribution in [0.2, 0.25) is 5.02 Å². The Labute approximate surface area is 184 Å². The second-order valence-corrected chi connectivity index (χ2v) is 9.24. The van der Waals surface area contributed by atoms with E-state index in [1.165, 1.54) is 7.05 Å². The summed E-state index contributed by atoms with van der Waals surface area (Å²) in [7, 11) is 1.20. The first-order chi connectivity index (χ1) is 14.7. The second-order valence-electron chi connectivity index (χ2n) is 8.83. The zero-order valence-electron chi connectivity index (χ0n) is 17.1. The van der Waals surface area contributed by atoms with E-state index in [0.717, 1.165) is 5.01 Å². The molecule has 0 radical (unpaired) electrons. The fourth-order valence-corrected chi connectivity index (χ4v) is 4.71. The van der Waals surface area contributed by atoms with Crippen LogP contribution in [-0.2, 0) is 30.2 Å². The van der Waals surface area contributed by atoms with Crippen molar-refractivity contribution < 1.29 is 37.2 Å². The van der Waals surface area contributed by atoms with E-state index >= 15 is 0 Å². The van der Waals surface area contributed by atoms with Gasteiger partial charge in [0, 0.05) is 26.1 Å². The summed E-state index contributed by atoms with van der Waals surface area (Å²) in [5.41, 5.74) is -1.37. The molecule has 2 saturated heterocycles. The number of fused-ring (bicyclic) bond motifs is 2. The molecule has 3 aliphatic rings. The van der Waals surface area contributed by atoms with Crippen LogP contribution in [0.4, 0.5) is 19.0 Å². The van der Waals surface area contributed by atoms with Crippen molar-refractivity contribution in [3.8, 4) is 0 Å². The maximum Gasteiger partial charge on any atom is 0.417 e. The number of pyridine rings is 1. The Kier molecular flexibility index (Phi) is 4.92. The third-order valence-corrected chi connectivity index (χ3v) is 6.23. The molecule has 0 unspecified atom stereocenters. The number of amides is 2. The number of ketones is 2. The molecule has 3 fully saturated rings. The average Bonchev–Trinajstić information content (AvgIpc) is 3.16. The molecule has 1 saturated carbocycles. The summed E-state index contributed by atoms with van der Waals surface area (Å²) in [4.78, 5) is 61.0. The molecule has 3 heterocycles. The number of hydrogen-bond donors (Lipinski definition) is 1. The van der Waals surface area contributed by atoms with Gasteiger partial charge >= 0.3 is 6.18 Å². The number of aromatic nitrogens is 1. The van der Waals surface area contributed by atoms with E-state index in [4.69, 9.17) is 16.4 Å². The summed E-state index contributed by atoms with van der Waals surface area (Å²) >= 11 is 5.94. The van der Waals surface area contributed by atoms with Crippen LogP contribution in [0.25, 0.3) is 0 Å². The Bertz CT molecular complexity index is 1040. The lowest BCUT2D eigenvalue weighted by Gasteiger charge is -2.40. The number of hydrazine groups is 1. The number of imide groups is 1. The standard InChI is InChI=1S/C19H18ClF3N4O5/c1-17(2)5-10(28)18(11(29)6-17)12-13(32-25-18)16(31)27(15(12)30)26(3)14-9(20)4-8(7-24-14)19(21,22)23/h4,7,12-13,25H,5-6H2,1-3H3/t12-,13+/m1/s1. The summed E-state index contributed by atoms with van der Waals surface area (Å²) < 4.78 is 38.7. The molecular weight excluding hydrogens is 457 g/mol. The van der Waals surface area contributed by atoms with Gasteiger partial charge in [-0.05, 0) is 11.5 Å². The minimum atomic E-state index is -4.69. The van der Waals surface area contributed by atoms with Gasteiger partial charge in [-0.1, -0.05) is 25.4 Å². The minimum absolute atomic E-state index is 0.0120. The summed E-state index contributed by atoms with van der Waals surface area (Å²) in [6, 6.07) is 0.613. The quantitative estimate of drug-likeness (QED) is 0.509. The molecule has 172 valence electrons. The Morgan fingerprint density at radius 1 is 1.19 bits per heavy atom. The molecular formula is C19H18ClF3N4O5. The van der Waals surface area contributed by atoms with Crippen molar-refractivity contribution in [2.24, 2.45) is 11.3 Å². The van der Waals surface area contributed by atoms with Crippen molar-refractivity contribution >= 4 is 40.8 Å². The predicted octanol–water partition coefficient (Wildman–Crippen LogP) is 1.69. The first-order valence-corrected chi connectivity index (χ1v) is 9.92. The fourth-order valence-electron chi connectivity index (χ4n) is 4.42. The van der Waals surface area contributed by atoms with Crippen molar-refractivity contribution in [3.63, 3.8) is 0 Å². The lowest BCUT2D eigenvalue weighted by Crippen LogP contribution is -2.65. The van der Waals surface area contributed by atoms with Crippen molar-refractivity contribution in [3.05, 3.63) is 22.8 Å². The number of rotatable bonds is 2. The van der Waals surface area contributed by atoms with Crippen molar-refractivity contribution in [1.29, 1.82) is 0 Å². The van der Waals surface area contributed by atoms with Crippen molar-refractivity contribution in [2.45, 2.75) is 44.5 Å². The summed E-state index contributed by atoms with van der Waals surface area (Å²) in [5, 5.41) is 1.00. The molecule has 1 aliphatic carbocycles. The molecule has 1 N–H and O–H groups in total. The van der Waals surface area contributed by atoms with E-state index in [1.807, 2.05) is 0 Å². The zero-order chi connectivity index (χ0) is 23.8. The Morgan fingerprint density at radius 2 is 1.78 bits per heavy atom. The maximum absolute atomic E-state index is 13.3. The van der Waals surface area contributed by atoms with Crippen LogP contribution in [-0.4, -0.2) is 52.1 Å². The highest BCUT2D eigenvalue weighted by molar-refractivity contribution is 6.33. The smallest absolute Gasteiger partial charge is 0.297 e. The van der Waals surface area contributed by atoms with Crippen LogP contribution in [0.5, 0.6) is 0 Å². The van der Waals surface area contributed by atoms with Gasteiger partial charge in [-0.25, -0.2) is 4.98 Å². The number of hydrogen-bond acceptors (Lipinski definition) is 8. The van der Waals surface area contributed by atoms with Crippen molar-refractivity contribution in [1.82, 2.24) is 15.5 Å². The summed E-state index contributed by atoms with van der Waals surface area (Å²) in [5.74, 6) is -4.72.